The van der Waals surface area contributed by atoms with Crippen molar-refractivity contribution in [1.29, 1.82) is 0 Å². The van der Waals surface area contributed by atoms with E-state index in [0.717, 1.165) is 6.42 Å². The van der Waals surface area contributed by atoms with Crippen LogP contribution in [0.3, 0.4) is 0 Å². The van der Waals surface area contributed by atoms with Crippen LogP contribution >= 0.6 is 0 Å². The van der Waals surface area contributed by atoms with Crippen LogP contribution in [0, 0.1) is 0 Å². The van der Waals surface area contributed by atoms with E-state index in [1.165, 1.54) is 18.2 Å². The summed E-state index contributed by atoms with van der Waals surface area (Å²) in [5.74, 6) is -0.222. The molecule has 0 radical (unpaired) electrons. The van der Waals surface area contributed by atoms with Crippen molar-refractivity contribution in [2.75, 3.05) is 4.72 Å². The molecule has 0 fully saturated rings. The maximum absolute atomic E-state index is 12.3. The Balaban J connectivity index is 2.19. The first kappa shape index (κ1) is 17.0. The third-order valence-electron chi connectivity index (χ3n) is 3.42. The predicted molar refractivity (Wildman–Crippen MR) is 90.9 cm³/mol. The van der Waals surface area contributed by atoms with Gasteiger partial charge in [0, 0.05) is 17.3 Å². The Hall–Kier alpha value is -2.34. The molecular weight excluding hydrogens is 312 g/mol. The highest BCUT2D eigenvalue weighted by Gasteiger charge is 2.15. The van der Waals surface area contributed by atoms with Crippen LogP contribution in [0.1, 0.15) is 30.6 Å². The average Bonchev–Trinajstić information content (AvgIpc) is 2.55. The van der Waals surface area contributed by atoms with Crippen LogP contribution in [0.2, 0.25) is 0 Å². The van der Waals surface area contributed by atoms with Crippen molar-refractivity contribution in [1.82, 2.24) is 5.32 Å². The number of hydrogen-bond acceptors (Lipinski definition) is 3. The molecule has 2 aromatic carbocycles. The van der Waals surface area contributed by atoms with Gasteiger partial charge in [-0.2, -0.15) is 0 Å². The molecule has 0 aromatic heterocycles. The minimum atomic E-state index is -3.67. The van der Waals surface area contributed by atoms with Crippen LogP contribution in [-0.2, 0) is 10.0 Å². The largest absolute Gasteiger partial charge is 0.350 e. The second-order valence-corrected chi connectivity index (χ2v) is 6.96. The van der Waals surface area contributed by atoms with Crippen LogP contribution in [0.4, 0.5) is 5.69 Å². The quantitative estimate of drug-likeness (QED) is 0.854. The molecule has 0 aliphatic heterocycles. The van der Waals surface area contributed by atoms with Crippen molar-refractivity contribution in [3.8, 4) is 0 Å². The lowest BCUT2D eigenvalue weighted by Crippen LogP contribution is -2.31. The van der Waals surface area contributed by atoms with E-state index < -0.39 is 10.0 Å². The van der Waals surface area contributed by atoms with Crippen molar-refractivity contribution in [2.45, 2.75) is 31.2 Å². The number of carbonyl (C=O) groups is 1. The van der Waals surface area contributed by atoms with Gasteiger partial charge in [-0.1, -0.05) is 31.2 Å². The lowest BCUT2D eigenvalue weighted by atomic mass is 10.1. The standard InChI is InChI=1S/C17H20N2O3S/c1-3-13(2)18-17(20)14-8-7-9-15(12-14)19-23(21,22)16-10-5-4-6-11-16/h4-13,19H,3H2,1-2H3,(H,18,20)/t13-/m0/s1. The molecule has 2 aromatic rings. The Morgan fingerprint density at radius 2 is 1.78 bits per heavy atom. The molecule has 0 aliphatic carbocycles. The smallest absolute Gasteiger partial charge is 0.261 e. The first-order chi connectivity index (χ1) is 10.9. The number of sulfonamides is 1. The molecule has 0 spiro atoms. The molecule has 0 saturated heterocycles. The van der Waals surface area contributed by atoms with Gasteiger partial charge in [-0.25, -0.2) is 8.42 Å². The van der Waals surface area contributed by atoms with Gasteiger partial charge in [-0.3, -0.25) is 9.52 Å². The zero-order chi connectivity index (χ0) is 16.9. The number of amides is 1. The minimum absolute atomic E-state index is 0.0622. The summed E-state index contributed by atoms with van der Waals surface area (Å²) in [5.41, 5.74) is 0.768. The van der Waals surface area contributed by atoms with E-state index in [-0.39, 0.29) is 16.8 Å². The van der Waals surface area contributed by atoms with Crippen molar-refractivity contribution in [3.05, 3.63) is 60.2 Å². The third-order valence-corrected chi connectivity index (χ3v) is 4.82. The molecular formula is C17H20N2O3S. The molecule has 23 heavy (non-hydrogen) atoms. The molecule has 0 saturated carbocycles. The molecule has 1 amide bonds. The summed E-state index contributed by atoms with van der Waals surface area (Å²) in [6, 6.07) is 14.6. The normalized spacial score (nSPS) is 12.4. The number of anilines is 1. The third kappa shape index (κ3) is 4.56. The molecule has 6 heteroatoms. The van der Waals surface area contributed by atoms with Crippen molar-refractivity contribution in [3.63, 3.8) is 0 Å². The Labute approximate surface area is 136 Å². The highest BCUT2D eigenvalue weighted by molar-refractivity contribution is 7.92. The van der Waals surface area contributed by atoms with Gasteiger partial charge in [0.25, 0.3) is 15.9 Å². The fourth-order valence-corrected chi connectivity index (χ4v) is 3.02. The summed E-state index contributed by atoms with van der Waals surface area (Å²) in [6.45, 7) is 3.90. The molecule has 5 nitrogen and oxygen atoms in total. The van der Waals surface area contributed by atoms with Gasteiger partial charge in [-0.15, -0.1) is 0 Å². The highest BCUT2D eigenvalue weighted by Crippen LogP contribution is 2.17. The number of benzene rings is 2. The topological polar surface area (TPSA) is 75.3 Å². The molecule has 0 unspecified atom stereocenters. The highest BCUT2D eigenvalue weighted by atomic mass is 32.2. The van der Waals surface area contributed by atoms with Crippen LogP contribution in [0.25, 0.3) is 0 Å². The van der Waals surface area contributed by atoms with Crippen molar-refractivity contribution in [2.24, 2.45) is 0 Å². The summed E-state index contributed by atoms with van der Waals surface area (Å²) in [6.07, 6.45) is 0.825. The lowest BCUT2D eigenvalue weighted by Gasteiger charge is -2.13. The van der Waals surface area contributed by atoms with Crippen LogP contribution in [0.5, 0.6) is 0 Å². The summed E-state index contributed by atoms with van der Waals surface area (Å²) in [7, 11) is -3.67. The van der Waals surface area contributed by atoms with Crippen LogP contribution < -0.4 is 10.0 Å². The molecule has 0 bridgehead atoms. The number of hydrogen-bond donors (Lipinski definition) is 2. The molecule has 0 heterocycles. The monoisotopic (exact) mass is 332 g/mol. The summed E-state index contributed by atoms with van der Waals surface area (Å²) < 4.78 is 27.1. The molecule has 2 rings (SSSR count). The summed E-state index contributed by atoms with van der Waals surface area (Å²) in [5, 5.41) is 2.85. The molecule has 1 atom stereocenters. The number of carbonyl (C=O) groups excluding carboxylic acids is 1. The fourth-order valence-electron chi connectivity index (χ4n) is 1.95. The molecule has 0 aliphatic rings. The molecule has 122 valence electrons. The van der Waals surface area contributed by atoms with Crippen molar-refractivity contribution < 1.29 is 13.2 Å². The Kier molecular flexibility index (Phi) is 5.39. The molecule has 2 N–H and O–H groups in total. The van der Waals surface area contributed by atoms with E-state index in [2.05, 4.69) is 10.0 Å². The zero-order valence-electron chi connectivity index (χ0n) is 13.1. The fraction of sp³-hybridized carbons (Fsp3) is 0.235. The van der Waals surface area contributed by atoms with Crippen LogP contribution in [-0.4, -0.2) is 20.4 Å². The zero-order valence-corrected chi connectivity index (χ0v) is 13.9. The van der Waals surface area contributed by atoms with Gasteiger partial charge < -0.3 is 5.32 Å². The second-order valence-electron chi connectivity index (χ2n) is 5.28. The van der Waals surface area contributed by atoms with E-state index in [1.807, 2.05) is 13.8 Å². The predicted octanol–water partition coefficient (Wildman–Crippen LogP) is 3.02. The van der Waals surface area contributed by atoms with E-state index >= 15 is 0 Å². The van der Waals surface area contributed by atoms with E-state index in [1.54, 1.807) is 36.4 Å². The van der Waals surface area contributed by atoms with Gasteiger partial charge in [0.2, 0.25) is 0 Å². The maximum atomic E-state index is 12.3. The van der Waals surface area contributed by atoms with E-state index in [0.29, 0.717) is 11.3 Å². The Bertz CT molecular complexity index is 773. The first-order valence-electron chi connectivity index (χ1n) is 7.41. The van der Waals surface area contributed by atoms with Gasteiger partial charge in [0.1, 0.15) is 0 Å². The summed E-state index contributed by atoms with van der Waals surface area (Å²) >= 11 is 0. The minimum Gasteiger partial charge on any atom is -0.350 e. The first-order valence-corrected chi connectivity index (χ1v) is 8.89. The van der Waals surface area contributed by atoms with E-state index in [9.17, 15) is 13.2 Å². The van der Waals surface area contributed by atoms with Gasteiger partial charge in [-0.05, 0) is 43.7 Å². The number of nitrogens with one attached hydrogen (secondary N) is 2. The van der Waals surface area contributed by atoms with Crippen molar-refractivity contribution >= 4 is 21.6 Å². The number of rotatable bonds is 6. The second kappa shape index (κ2) is 7.28. The van der Waals surface area contributed by atoms with Gasteiger partial charge in [0.05, 0.1) is 4.90 Å². The van der Waals surface area contributed by atoms with Gasteiger partial charge >= 0.3 is 0 Å². The van der Waals surface area contributed by atoms with Crippen LogP contribution in [0.15, 0.2) is 59.5 Å². The van der Waals surface area contributed by atoms with E-state index in [4.69, 9.17) is 0 Å². The maximum Gasteiger partial charge on any atom is 0.261 e. The average molecular weight is 332 g/mol. The summed E-state index contributed by atoms with van der Waals surface area (Å²) in [4.78, 5) is 12.3. The Morgan fingerprint density at radius 3 is 2.43 bits per heavy atom. The Morgan fingerprint density at radius 1 is 1.09 bits per heavy atom. The SMILES string of the molecule is CC[C@H](C)NC(=O)c1cccc(NS(=O)(=O)c2ccccc2)c1. The van der Waals surface area contributed by atoms with Gasteiger partial charge in [0.15, 0.2) is 0 Å². The lowest BCUT2D eigenvalue weighted by molar-refractivity contribution is 0.0939.